The molecule has 0 spiro atoms. The normalized spacial score (nSPS) is 32.3. The van der Waals surface area contributed by atoms with E-state index in [4.69, 9.17) is 10.5 Å². The Bertz CT molecular complexity index is 226. The molecule has 0 aromatic carbocycles. The molecule has 0 amide bonds. The van der Waals surface area contributed by atoms with Crippen LogP contribution in [0.3, 0.4) is 0 Å². The third-order valence-electron chi connectivity index (χ3n) is 4.60. The van der Waals surface area contributed by atoms with Crippen LogP contribution in [0.15, 0.2) is 0 Å². The quantitative estimate of drug-likeness (QED) is 0.818. The minimum Gasteiger partial charge on any atom is -0.381 e. The van der Waals surface area contributed by atoms with Crippen molar-refractivity contribution >= 4 is 0 Å². The molecule has 2 N–H and O–H groups in total. The van der Waals surface area contributed by atoms with E-state index in [9.17, 15) is 0 Å². The van der Waals surface area contributed by atoms with E-state index >= 15 is 0 Å². The molecule has 100 valence electrons. The van der Waals surface area contributed by atoms with Gasteiger partial charge in [-0.3, -0.25) is 4.90 Å². The smallest absolute Gasteiger partial charge is 0.0509 e. The zero-order chi connectivity index (χ0) is 12.3. The summed E-state index contributed by atoms with van der Waals surface area (Å²) in [6, 6.07) is 0.548. The summed E-state index contributed by atoms with van der Waals surface area (Å²) in [6.45, 7) is 9.84. The van der Waals surface area contributed by atoms with Crippen LogP contribution in [0.4, 0.5) is 0 Å². The topological polar surface area (TPSA) is 38.5 Å². The van der Waals surface area contributed by atoms with Crippen LogP contribution in [-0.2, 0) is 4.74 Å². The zero-order valence-electron chi connectivity index (χ0n) is 11.5. The molecule has 2 aliphatic heterocycles. The van der Waals surface area contributed by atoms with Gasteiger partial charge in [0.15, 0.2) is 0 Å². The fourth-order valence-electron chi connectivity index (χ4n) is 3.17. The predicted molar refractivity (Wildman–Crippen MR) is 71.0 cm³/mol. The fraction of sp³-hybridized carbons (Fsp3) is 1.00. The van der Waals surface area contributed by atoms with Gasteiger partial charge in [0, 0.05) is 19.2 Å². The first kappa shape index (κ1) is 13.3. The standard InChI is InChI=1S/C14H28N2O/c1-14(2)5-7-16(8-6-14)13(10-15)12-4-3-9-17-11-12/h12-13H,3-11,15H2,1-2H3. The lowest BCUT2D eigenvalue weighted by Gasteiger charge is -2.44. The molecule has 2 rings (SSSR count). The van der Waals surface area contributed by atoms with Gasteiger partial charge in [-0.25, -0.2) is 0 Å². The van der Waals surface area contributed by atoms with Gasteiger partial charge in [-0.15, -0.1) is 0 Å². The second-order valence-corrected chi connectivity index (χ2v) is 6.48. The molecule has 2 heterocycles. The number of likely N-dealkylation sites (tertiary alicyclic amines) is 1. The summed E-state index contributed by atoms with van der Waals surface area (Å²) in [5.74, 6) is 0.662. The van der Waals surface area contributed by atoms with E-state index in [2.05, 4.69) is 18.7 Å². The first-order valence-electron chi connectivity index (χ1n) is 7.14. The van der Waals surface area contributed by atoms with Gasteiger partial charge >= 0.3 is 0 Å². The highest BCUT2D eigenvalue weighted by Gasteiger charge is 2.33. The summed E-state index contributed by atoms with van der Waals surface area (Å²) >= 11 is 0. The average Bonchev–Trinajstić information content (AvgIpc) is 2.33. The van der Waals surface area contributed by atoms with Crippen molar-refractivity contribution in [3.8, 4) is 0 Å². The lowest BCUT2D eigenvalue weighted by molar-refractivity contribution is -0.00412. The van der Waals surface area contributed by atoms with Gasteiger partial charge in [0.2, 0.25) is 0 Å². The molecule has 2 unspecified atom stereocenters. The van der Waals surface area contributed by atoms with E-state index in [1.807, 2.05) is 0 Å². The maximum Gasteiger partial charge on any atom is 0.0509 e. The highest BCUT2D eigenvalue weighted by Crippen LogP contribution is 2.32. The fourth-order valence-corrected chi connectivity index (χ4v) is 3.17. The van der Waals surface area contributed by atoms with Crippen molar-refractivity contribution < 1.29 is 4.74 Å². The van der Waals surface area contributed by atoms with E-state index in [0.717, 1.165) is 19.8 Å². The minimum absolute atomic E-state index is 0.527. The van der Waals surface area contributed by atoms with Crippen molar-refractivity contribution in [2.45, 2.75) is 45.6 Å². The summed E-state index contributed by atoms with van der Waals surface area (Å²) in [6.07, 6.45) is 5.11. The van der Waals surface area contributed by atoms with Gasteiger partial charge in [0.25, 0.3) is 0 Å². The number of rotatable bonds is 3. The summed E-state index contributed by atoms with van der Waals surface area (Å²) in [7, 11) is 0. The van der Waals surface area contributed by atoms with Crippen molar-refractivity contribution in [3.63, 3.8) is 0 Å². The molecule has 3 heteroatoms. The molecule has 0 bridgehead atoms. The van der Waals surface area contributed by atoms with Gasteiger partial charge < -0.3 is 10.5 Å². The molecular weight excluding hydrogens is 212 g/mol. The first-order valence-corrected chi connectivity index (χ1v) is 7.14. The van der Waals surface area contributed by atoms with Gasteiger partial charge in [-0.05, 0) is 50.1 Å². The van der Waals surface area contributed by atoms with Crippen LogP contribution in [0, 0.1) is 11.3 Å². The van der Waals surface area contributed by atoms with Crippen LogP contribution in [0.2, 0.25) is 0 Å². The third kappa shape index (κ3) is 3.43. The SMILES string of the molecule is CC1(C)CCN(C(CN)C2CCCOC2)CC1. The highest BCUT2D eigenvalue weighted by atomic mass is 16.5. The molecule has 2 aliphatic rings. The maximum atomic E-state index is 6.00. The highest BCUT2D eigenvalue weighted by molar-refractivity contribution is 4.87. The molecule has 0 aromatic rings. The van der Waals surface area contributed by atoms with Crippen molar-refractivity contribution in [2.75, 3.05) is 32.8 Å². The molecule has 2 saturated heterocycles. The van der Waals surface area contributed by atoms with Crippen LogP contribution < -0.4 is 5.73 Å². The summed E-state index contributed by atoms with van der Waals surface area (Å²) in [5, 5.41) is 0. The molecule has 0 aromatic heterocycles. The van der Waals surface area contributed by atoms with E-state index in [-0.39, 0.29) is 0 Å². The Kier molecular flexibility index (Phi) is 4.45. The van der Waals surface area contributed by atoms with Crippen molar-refractivity contribution in [1.82, 2.24) is 4.90 Å². The third-order valence-corrected chi connectivity index (χ3v) is 4.60. The van der Waals surface area contributed by atoms with Gasteiger partial charge in [0.05, 0.1) is 6.61 Å². The second kappa shape index (κ2) is 5.68. The minimum atomic E-state index is 0.527. The number of hydrogen-bond acceptors (Lipinski definition) is 3. The van der Waals surface area contributed by atoms with Gasteiger partial charge in [0.1, 0.15) is 0 Å². The Labute approximate surface area is 106 Å². The largest absolute Gasteiger partial charge is 0.381 e. The van der Waals surface area contributed by atoms with Crippen LogP contribution in [0.25, 0.3) is 0 Å². The molecule has 2 fully saturated rings. The summed E-state index contributed by atoms with van der Waals surface area (Å²) in [4.78, 5) is 2.62. The van der Waals surface area contributed by atoms with Crippen molar-refractivity contribution in [3.05, 3.63) is 0 Å². The summed E-state index contributed by atoms with van der Waals surface area (Å²) in [5.41, 5.74) is 6.53. The second-order valence-electron chi connectivity index (χ2n) is 6.48. The van der Waals surface area contributed by atoms with Crippen LogP contribution in [0.1, 0.15) is 39.5 Å². The van der Waals surface area contributed by atoms with E-state index in [0.29, 0.717) is 17.4 Å². The molecule has 3 nitrogen and oxygen atoms in total. The van der Waals surface area contributed by atoms with E-state index in [1.165, 1.54) is 38.8 Å². The monoisotopic (exact) mass is 240 g/mol. The Morgan fingerprint density at radius 1 is 1.35 bits per heavy atom. The summed E-state index contributed by atoms with van der Waals surface area (Å²) < 4.78 is 5.61. The van der Waals surface area contributed by atoms with Crippen LogP contribution in [0.5, 0.6) is 0 Å². The number of ether oxygens (including phenoxy) is 1. The molecule has 0 aliphatic carbocycles. The zero-order valence-corrected chi connectivity index (χ0v) is 11.5. The molecule has 0 radical (unpaired) electrons. The van der Waals surface area contributed by atoms with Crippen molar-refractivity contribution in [1.29, 1.82) is 0 Å². The number of nitrogens with zero attached hydrogens (tertiary/aromatic N) is 1. The predicted octanol–water partition coefficient (Wildman–Crippen LogP) is 1.86. The lowest BCUT2D eigenvalue weighted by atomic mass is 9.81. The first-order chi connectivity index (χ1) is 8.12. The maximum absolute atomic E-state index is 6.00. The molecular formula is C14H28N2O. The van der Waals surface area contributed by atoms with Crippen molar-refractivity contribution in [2.24, 2.45) is 17.1 Å². The number of piperidine rings is 1. The average molecular weight is 240 g/mol. The van der Waals surface area contributed by atoms with Crippen LogP contribution >= 0.6 is 0 Å². The Hall–Kier alpha value is -0.120. The Morgan fingerprint density at radius 2 is 2.06 bits per heavy atom. The van der Waals surface area contributed by atoms with E-state index < -0.39 is 0 Å². The Balaban J connectivity index is 1.89. The molecule has 2 atom stereocenters. The number of nitrogens with two attached hydrogens (primary N) is 1. The van der Waals surface area contributed by atoms with Gasteiger partial charge in [-0.1, -0.05) is 13.8 Å². The Morgan fingerprint density at radius 3 is 2.59 bits per heavy atom. The molecule has 0 saturated carbocycles. The lowest BCUT2D eigenvalue weighted by Crippen LogP contribution is -2.51. The van der Waals surface area contributed by atoms with Crippen LogP contribution in [-0.4, -0.2) is 43.8 Å². The number of hydrogen-bond donors (Lipinski definition) is 1. The van der Waals surface area contributed by atoms with Gasteiger partial charge in [-0.2, -0.15) is 0 Å². The molecule has 17 heavy (non-hydrogen) atoms. The van der Waals surface area contributed by atoms with E-state index in [1.54, 1.807) is 0 Å².